The molecule has 1 unspecified atom stereocenters. The summed E-state index contributed by atoms with van der Waals surface area (Å²) in [6.45, 7) is 5.50. The van der Waals surface area contributed by atoms with Crippen LogP contribution in [-0.2, 0) is 6.54 Å². The molecule has 27 heavy (non-hydrogen) atoms. The van der Waals surface area contributed by atoms with Crippen molar-refractivity contribution in [2.24, 2.45) is 0 Å². The number of piperazine rings is 1. The van der Waals surface area contributed by atoms with E-state index in [1.165, 1.54) is 5.39 Å². The van der Waals surface area contributed by atoms with Crippen molar-refractivity contribution in [3.8, 4) is 0 Å². The third kappa shape index (κ3) is 4.70. The highest BCUT2D eigenvalue weighted by atomic mass is 35.5. The van der Waals surface area contributed by atoms with Crippen molar-refractivity contribution >= 4 is 58.2 Å². The number of hydrogen-bond donors (Lipinski definition) is 1. The van der Waals surface area contributed by atoms with Crippen molar-refractivity contribution in [2.75, 3.05) is 39.8 Å². The van der Waals surface area contributed by atoms with Gasteiger partial charge in [-0.25, -0.2) is 0 Å². The van der Waals surface area contributed by atoms with Crippen LogP contribution in [0.15, 0.2) is 42.5 Å². The van der Waals surface area contributed by atoms with Crippen LogP contribution in [0.3, 0.4) is 0 Å². The molecule has 0 bridgehead atoms. The molecule has 0 saturated carbocycles. The normalized spacial score (nSPS) is 16.9. The predicted molar refractivity (Wildman–Crippen MR) is 119 cm³/mol. The van der Waals surface area contributed by atoms with Crippen molar-refractivity contribution in [3.05, 3.63) is 47.5 Å². The Bertz CT molecular complexity index is 891. The van der Waals surface area contributed by atoms with E-state index in [0.717, 1.165) is 54.2 Å². The summed E-state index contributed by atoms with van der Waals surface area (Å²) in [6, 6.07) is 14.3. The number of rotatable bonds is 4. The molecule has 1 fully saturated rings. The van der Waals surface area contributed by atoms with Crippen LogP contribution >= 0.6 is 36.4 Å². The lowest BCUT2D eigenvalue weighted by molar-refractivity contribution is 0.0723. The minimum absolute atomic E-state index is 0. The van der Waals surface area contributed by atoms with Gasteiger partial charge in [-0.2, -0.15) is 0 Å². The van der Waals surface area contributed by atoms with Gasteiger partial charge in [-0.05, 0) is 31.3 Å². The van der Waals surface area contributed by atoms with Crippen LogP contribution in [0, 0.1) is 0 Å². The van der Waals surface area contributed by atoms with Crippen LogP contribution in [0.5, 0.6) is 0 Å². The summed E-state index contributed by atoms with van der Waals surface area (Å²) in [7, 11) is 2.15. The van der Waals surface area contributed by atoms with Gasteiger partial charge in [0.25, 0.3) is 0 Å². The van der Waals surface area contributed by atoms with Crippen LogP contribution in [0.2, 0.25) is 5.02 Å². The van der Waals surface area contributed by atoms with Crippen molar-refractivity contribution in [1.29, 1.82) is 0 Å². The van der Waals surface area contributed by atoms with E-state index in [1.54, 1.807) is 0 Å². The zero-order valence-corrected chi connectivity index (χ0v) is 17.7. The second-order valence-corrected chi connectivity index (χ2v) is 7.48. The first-order chi connectivity index (χ1) is 12.1. The molecule has 1 N–H and O–H groups in total. The third-order valence-electron chi connectivity index (χ3n) is 5.19. The zero-order chi connectivity index (χ0) is 17.4. The average molecular weight is 431 g/mol. The van der Waals surface area contributed by atoms with Gasteiger partial charge in [0, 0.05) is 59.6 Å². The summed E-state index contributed by atoms with van der Waals surface area (Å²) < 4.78 is 2.22. The quantitative estimate of drug-likeness (QED) is 0.681. The van der Waals surface area contributed by atoms with E-state index >= 15 is 0 Å². The average Bonchev–Trinajstić information content (AvgIpc) is 2.91. The molecule has 1 aliphatic heterocycles. The predicted octanol–water partition coefficient (Wildman–Crippen LogP) is 3.90. The second-order valence-electron chi connectivity index (χ2n) is 7.05. The lowest BCUT2D eigenvalue weighted by Gasteiger charge is -2.33. The first-order valence-electron chi connectivity index (χ1n) is 8.87. The number of hydrogen-bond acceptors (Lipinski definition) is 3. The standard InChI is InChI=1S/C20H24ClN3O.2ClH/c1-22-8-10-23(11-9-22)13-16(25)14-24-19-5-3-2-4-17(19)18-12-15(21)6-7-20(18)24;;/h2-7,12,16,25H,8-11,13-14H2,1H3;2*1H. The Labute approximate surface area is 177 Å². The van der Waals surface area contributed by atoms with Crippen LogP contribution < -0.4 is 0 Å². The molecule has 1 atom stereocenters. The molecule has 2 heterocycles. The maximum atomic E-state index is 10.7. The van der Waals surface area contributed by atoms with Gasteiger partial charge in [0.2, 0.25) is 0 Å². The van der Waals surface area contributed by atoms with Crippen LogP contribution in [0.25, 0.3) is 21.8 Å². The highest BCUT2D eigenvalue weighted by Gasteiger charge is 2.19. The molecule has 0 amide bonds. The number of nitrogens with zero attached hydrogens (tertiary/aromatic N) is 3. The highest BCUT2D eigenvalue weighted by molar-refractivity contribution is 6.31. The van der Waals surface area contributed by atoms with E-state index in [9.17, 15) is 5.11 Å². The van der Waals surface area contributed by atoms with Crippen molar-refractivity contribution in [2.45, 2.75) is 12.6 Å². The molecule has 3 aromatic rings. The number of aromatic nitrogens is 1. The summed E-state index contributed by atoms with van der Waals surface area (Å²) in [4.78, 5) is 4.69. The molecule has 148 valence electrons. The summed E-state index contributed by atoms with van der Waals surface area (Å²) in [5.41, 5.74) is 2.28. The molecule has 7 heteroatoms. The minimum atomic E-state index is -0.391. The number of halogens is 3. The minimum Gasteiger partial charge on any atom is -0.390 e. The van der Waals surface area contributed by atoms with E-state index < -0.39 is 6.10 Å². The van der Waals surface area contributed by atoms with Gasteiger partial charge in [-0.1, -0.05) is 29.8 Å². The Morgan fingerprint density at radius 1 is 0.926 bits per heavy atom. The Kier molecular flexibility index (Phi) is 7.81. The number of fused-ring (bicyclic) bond motifs is 3. The monoisotopic (exact) mass is 429 g/mol. The Morgan fingerprint density at radius 2 is 1.59 bits per heavy atom. The lowest BCUT2D eigenvalue weighted by atomic mass is 10.2. The molecule has 1 aromatic heterocycles. The van der Waals surface area contributed by atoms with Crippen LogP contribution in [0.4, 0.5) is 0 Å². The molecule has 0 radical (unpaired) electrons. The first-order valence-corrected chi connectivity index (χ1v) is 9.25. The molecular formula is C20H26Cl3N3O. The van der Waals surface area contributed by atoms with Crippen LogP contribution in [0.1, 0.15) is 0 Å². The molecule has 1 aliphatic rings. The third-order valence-corrected chi connectivity index (χ3v) is 5.43. The largest absolute Gasteiger partial charge is 0.390 e. The molecule has 0 aliphatic carbocycles. The summed E-state index contributed by atoms with van der Waals surface area (Å²) in [5.74, 6) is 0. The number of aliphatic hydroxyl groups excluding tert-OH is 1. The Balaban J connectivity index is 0.00000131. The smallest absolute Gasteiger partial charge is 0.0845 e. The van der Waals surface area contributed by atoms with E-state index in [-0.39, 0.29) is 24.8 Å². The fourth-order valence-electron chi connectivity index (χ4n) is 3.82. The van der Waals surface area contributed by atoms with Gasteiger partial charge in [0.05, 0.1) is 12.6 Å². The molecule has 1 saturated heterocycles. The van der Waals surface area contributed by atoms with Crippen molar-refractivity contribution in [1.82, 2.24) is 14.4 Å². The SMILES string of the molecule is CN1CCN(CC(O)Cn2c3ccccc3c3cc(Cl)ccc32)CC1.Cl.Cl. The highest BCUT2D eigenvalue weighted by Crippen LogP contribution is 2.31. The topological polar surface area (TPSA) is 31.6 Å². The van der Waals surface area contributed by atoms with E-state index in [1.807, 2.05) is 24.3 Å². The number of likely N-dealkylation sites (N-methyl/N-ethyl adjacent to an activating group) is 1. The van der Waals surface area contributed by atoms with Gasteiger partial charge in [0.15, 0.2) is 0 Å². The molecule has 0 spiro atoms. The summed E-state index contributed by atoms with van der Waals surface area (Å²) in [6.07, 6.45) is -0.391. The number of para-hydroxylation sites is 1. The number of benzene rings is 2. The van der Waals surface area contributed by atoms with Gasteiger partial charge in [0.1, 0.15) is 0 Å². The Hall–Kier alpha value is -1.01. The van der Waals surface area contributed by atoms with Crippen LogP contribution in [-0.4, -0.2) is 65.3 Å². The first kappa shape index (κ1) is 22.3. The van der Waals surface area contributed by atoms with Gasteiger partial charge >= 0.3 is 0 Å². The number of β-amino-alcohol motifs (C(OH)–C–C–N with tert-alkyl or cyclic N) is 1. The lowest BCUT2D eigenvalue weighted by Crippen LogP contribution is -2.47. The Morgan fingerprint density at radius 3 is 2.33 bits per heavy atom. The van der Waals surface area contributed by atoms with Crippen molar-refractivity contribution < 1.29 is 5.11 Å². The number of aliphatic hydroxyl groups is 1. The molecule has 4 rings (SSSR count). The van der Waals surface area contributed by atoms with E-state index in [0.29, 0.717) is 6.54 Å². The van der Waals surface area contributed by atoms with Crippen molar-refractivity contribution in [3.63, 3.8) is 0 Å². The molecule has 2 aromatic carbocycles. The second kappa shape index (κ2) is 9.46. The summed E-state index contributed by atoms with van der Waals surface area (Å²) >= 11 is 6.21. The van der Waals surface area contributed by atoms with Gasteiger partial charge in [-0.15, -0.1) is 24.8 Å². The van der Waals surface area contributed by atoms with E-state index in [2.05, 4.69) is 39.6 Å². The molecule has 4 nitrogen and oxygen atoms in total. The molecular weight excluding hydrogens is 405 g/mol. The fourth-order valence-corrected chi connectivity index (χ4v) is 3.99. The maximum Gasteiger partial charge on any atom is 0.0845 e. The van der Waals surface area contributed by atoms with Gasteiger partial charge < -0.3 is 14.6 Å². The van der Waals surface area contributed by atoms with E-state index in [4.69, 9.17) is 11.6 Å². The summed E-state index contributed by atoms with van der Waals surface area (Å²) in [5, 5.41) is 13.8. The van der Waals surface area contributed by atoms with Gasteiger partial charge in [-0.3, -0.25) is 4.90 Å². The zero-order valence-electron chi connectivity index (χ0n) is 15.3. The maximum absolute atomic E-state index is 10.7. The fraction of sp³-hybridized carbons (Fsp3) is 0.400.